The third-order valence-corrected chi connectivity index (χ3v) is 6.79. The number of carbonyl (C=O) groups is 1. The van der Waals surface area contributed by atoms with Crippen LogP contribution in [0.15, 0.2) is 120 Å². The molecule has 0 radical (unpaired) electrons. The van der Waals surface area contributed by atoms with Gasteiger partial charge < -0.3 is 5.32 Å². The Hall–Kier alpha value is -4.16. The summed E-state index contributed by atoms with van der Waals surface area (Å²) in [5.41, 5.74) is 5.18. The number of hydrogen-bond acceptors (Lipinski definition) is 4. The van der Waals surface area contributed by atoms with Gasteiger partial charge in [0.2, 0.25) is 5.91 Å². The van der Waals surface area contributed by atoms with E-state index in [-0.39, 0.29) is 17.7 Å². The van der Waals surface area contributed by atoms with Gasteiger partial charge in [0.15, 0.2) is 11.0 Å². The highest BCUT2D eigenvalue weighted by Gasteiger charge is 2.20. The summed E-state index contributed by atoms with van der Waals surface area (Å²) >= 11 is 1.38. The van der Waals surface area contributed by atoms with Crippen molar-refractivity contribution in [1.82, 2.24) is 20.1 Å². The minimum Gasteiger partial charge on any atom is -0.344 e. The van der Waals surface area contributed by atoms with E-state index in [2.05, 4.69) is 34.6 Å². The smallest absolute Gasteiger partial charge is 0.231 e. The second-order valence-electron chi connectivity index (χ2n) is 8.45. The van der Waals surface area contributed by atoms with Crippen LogP contribution in [0, 0.1) is 6.92 Å². The van der Waals surface area contributed by atoms with Gasteiger partial charge in [-0.05, 0) is 30.2 Å². The molecular formula is C30H26N4OS. The van der Waals surface area contributed by atoms with Crippen molar-refractivity contribution in [2.45, 2.75) is 18.1 Å². The fourth-order valence-corrected chi connectivity index (χ4v) is 4.81. The van der Waals surface area contributed by atoms with Crippen LogP contribution in [0.1, 0.15) is 22.7 Å². The van der Waals surface area contributed by atoms with Crippen LogP contribution in [0.3, 0.4) is 0 Å². The lowest BCUT2D eigenvalue weighted by atomic mass is 9.99. The van der Waals surface area contributed by atoms with Crippen LogP contribution in [0.5, 0.6) is 0 Å². The standard InChI is InChI=1S/C30H26N4OS/c1-22-17-19-25(20-18-22)29-32-33-30(34(29)26-15-9-4-10-16-26)36-21-27(35)31-28(23-11-5-2-6-12-23)24-13-7-3-8-14-24/h2-20,28H,21H2,1H3,(H,31,35). The number of hydrogen-bond donors (Lipinski definition) is 1. The highest BCUT2D eigenvalue weighted by atomic mass is 32.2. The van der Waals surface area contributed by atoms with E-state index in [1.54, 1.807) is 0 Å². The average Bonchev–Trinajstić information content (AvgIpc) is 3.36. The molecule has 5 aromatic rings. The molecule has 0 bridgehead atoms. The lowest BCUT2D eigenvalue weighted by Crippen LogP contribution is -2.30. The second-order valence-corrected chi connectivity index (χ2v) is 9.40. The molecule has 0 aliphatic heterocycles. The monoisotopic (exact) mass is 490 g/mol. The third-order valence-electron chi connectivity index (χ3n) is 5.86. The molecule has 0 unspecified atom stereocenters. The van der Waals surface area contributed by atoms with Gasteiger partial charge in [0.25, 0.3) is 0 Å². The van der Waals surface area contributed by atoms with Gasteiger partial charge in [-0.2, -0.15) is 0 Å². The lowest BCUT2D eigenvalue weighted by Gasteiger charge is -2.20. The molecule has 0 saturated heterocycles. The Morgan fingerprint density at radius 1 is 0.778 bits per heavy atom. The van der Waals surface area contributed by atoms with Gasteiger partial charge in [-0.1, -0.05) is 120 Å². The molecule has 5 rings (SSSR count). The van der Waals surface area contributed by atoms with Crippen molar-refractivity contribution >= 4 is 17.7 Å². The number of thioether (sulfide) groups is 1. The topological polar surface area (TPSA) is 59.8 Å². The van der Waals surface area contributed by atoms with E-state index in [0.717, 1.165) is 28.2 Å². The highest BCUT2D eigenvalue weighted by Crippen LogP contribution is 2.28. The van der Waals surface area contributed by atoms with Crippen LogP contribution < -0.4 is 5.32 Å². The summed E-state index contributed by atoms with van der Waals surface area (Å²) in [5, 5.41) is 12.8. The summed E-state index contributed by atoms with van der Waals surface area (Å²) in [6.07, 6.45) is 0. The number of aromatic nitrogens is 3. The Kier molecular flexibility index (Phi) is 7.24. The molecule has 0 atom stereocenters. The van der Waals surface area contributed by atoms with Crippen molar-refractivity contribution < 1.29 is 4.79 Å². The van der Waals surface area contributed by atoms with Crippen molar-refractivity contribution in [3.05, 3.63) is 132 Å². The van der Waals surface area contributed by atoms with Gasteiger partial charge in [-0.15, -0.1) is 10.2 Å². The predicted molar refractivity (Wildman–Crippen MR) is 145 cm³/mol. The first-order valence-electron chi connectivity index (χ1n) is 11.8. The Morgan fingerprint density at radius 2 is 1.33 bits per heavy atom. The van der Waals surface area contributed by atoms with Crippen molar-refractivity contribution in [1.29, 1.82) is 0 Å². The average molecular weight is 491 g/mol. The first-order chi connectivity index (χ1) is 17.7. The van der Waals surface area contributed by atoms with Crippen LogP contribution in [0.25, 0.3) is 17.1 Å². The molecule has 1 amide bonds. The molecule has 0 spiro atoms. The van der Waals surface area contributed by atoms with Gasteiger partial charge in [0.05, 0.1) is 11.8 Å². The van der Waals surface area contributed by atoms with Gasteiger partial charge in [-0.25, -0.2) is 0 Å². The highest BCUT2D eigenvalue weighted by molar-refractivity contribution is 7.99. The zero-order valence-electron chi connectivity index (χ0n) is 19.9. The van der Waals surface area contributed by atoms with Gasteiger partial charge in [0.1, 0.15) is 0 Å². The number of aryl methyl sites for hydroxylation is 1. The van der Waals surface area contributed by atoms with E-state index in [1.807, 2.05) is 108 Å². The first-order valence-corrected chi connectivity index (χ1v) is 12.8. The quantitative estimate of drug-likeness (QED) is 0.262. The van der Waals surface area contributed by atoms with Crippen LogP contribution >= 0.6 is 11.8 Å². The van der Waals surface area contributed by atoms with Crippen molar-refractivity contribution in [3.63, 3.8) is 0 Å². The minimum atomic E-state index is -0.226. The number of rotatable bonds is 8. The molecule has 1 N–H and O–H groups in total. The van der Waals surface area contributed by atoms with Gasteiger partial charge in [0, 0.05) is 11.3 Å². The third kappa shape index (κ3) is 5.39. The molecule has 36 heavy (non-hydrogen) atoms. The van der Waals surface area contributed by atoms with E-state index in [1.165, 1.54) is 17.3 Å². The molecule has 178 valence electrons. The molecule has 0 fully saturated rings. The van der Waals surface area contributed by atoms with E-state index in [4.69, 9.17) is 0 Å². The van der Waals surface area contributed by atoms with Gasteiger partial charge in [-0.3, -0.25) is 9.36 Å². The predicted octanol–water partition coefficient (Wildman–Crippen LogP) is 6.24. The maximum atomic E-state index is 13.1. The SMILES string of the molecule is Cc1ccc(-c2nnc(SCC(=O)NC(c3ccccc3)c3ccccc3)n2-c2ccccc2)cc1. The Morgan fingerprint density at radius 3 is 1.92 bits per heavy atom. The molecule has 4 aromatic carbocycles. The lowest BCUT2D eigenvalue weighted by molar-refractivity contribution is -0.119. The Bertz CT molecular complexity index is 1380. The molecule has 0 aliphatic rings. The largest absolute Gasteiger partial charge is 0.344 e. The summed E-state index contributed by atoms with van der Waals surface area (Å²) < 4.78 is 2.01. The Labute approximate surface area is 215 Å². The maximum absolute atomic E-state index is 13.1. The zero-order valence-corrected chi connectivity index (χ0v) is 20.7. The normalized spacial score (nSPS) is 10.9. The summed E-state index contributed by atoms with van der Waals surface area (Å²) in [4.78, 5) is 13.1. The van der Waals surface area contributed by atoms with Crippen molar-refractivity contribution in [2.75, 3.05) is 5.75 Å². The molecule has 0 aliphatic carbocycles. The van der Waals surface area contributed by atoms with Crippen molar-refractivity contribution in [2.24, 2.45) is 0 Å². The van der Waals surface area contributed by atoms with E-state index >= 15 is 0 Å². The fourth-order valence-electron chi connectivity index (χ4n) is 4.05. The molecule has 6 heteroatoms. The van der Waals surface area contributed by atoms with Crippen LogP contribution in [-0.2, 0) is 4.79 Å². The van der Waals surface area contributed by atoms with Gasteiger partial charge >= 0.3 is 0 Å². The zero-order chi connectivity index (χ0) is 24.7. The van der Waals surface area contributed by atoms with E-state index < -0.39 is 0 Å². The van der Waals surface area contributed by atoms with Crippen LogP contribution in [-0.4, -0.2) is 26.4 Å². The number of benzene rings is 4. The van der Waals surface area contributed by atoms with E-state index in [0.29, 0.717) is 5.16 Å². The summed E-state index contributed by atoms with van der Waals surface area (Å²) in [5.74, 6) is 0.891. The number of carbonyl (C=O) groups excluding carboxylic acids is 1. The summed E-state index contributed by atoms with van der Waals surface area (Å²) in [7, 11) is 0. The molecular weight excluding hydrogens is 464 g/mol. The van der Waals surface area contributed by atoms with Crippen LogP contribution in [0.2, 0.25) is 0 Å². The minimum absolute atomic E-state index is 0.0720. The Balaban J connectivity index is 1.39. The van der Waals surface area contributed by atoms with E-state index in [9.17, 15) is 4.79 Å². The number of nitrogens with zero attached hydrogens (tertiary/aromatic N) is 3. The number of nitrogens with one attached hydrogen (secondary N) is 1. The molecule has 5 nitrogen and oxygen atoms in total. The maximum Gasteiger partial charge on any atom is 0.231 e. The first kappa shape index (κ1) is 23.6. The van der Waals surface area contributed by atoms with Crippen LogP contribution in [0.4, 0.5) is 0 Å². The molecule has 0 saturated carbocycles. The fraction of sp³-hybridized carbons (Fsp3) is 0.100. The summed E-state index contributed by atoms with van der Waals surface area (Å²) in [6.45, 7) is 2.06. The summed E-state index contributed by atoms with van der Waals surface area (Å²) in [6, 6.07) is 38.0. The molecule has 1 heterocycles. The number of amides is 1. The second kappa shape index (κ2) is 11.1. The molecule has 1 aromatic heterocycles. The number of para-hydroxylation sites is 1. The van der Waals surface area contributed by atoms with Crippen molar-refractivity contribution in [3.8, 4) is 17.1 Å².